The number of nitrogens with one attached hydrogen (secondary N) is 1. The zero-order valence-electron chi connectivity index (χ0n) is 9.37. The van der Waals surface area contributed by atoms with Crippen molar-refractivity contribution in [2.75, 3.05) is 0 Å². The zero-order valence-corrected chi connectivity index (χ0v) is 9.37. The van der Waals surface area contributed by atoms with Crippen LogP contribution in [0.3, 0.4) is 0 Å². The van der Waals surface area contributed by atoms with Gasteiger partial charge in [0.05, 0.1) is 0 Å². The molecule has 4 nitrogen and oxygen atoms in total. The third kappa shape index (κ3) is 1.65. The van der Waals surface area contributed by atoms with Crippen LogP contribution in [0.5, 0.6) is 5.75 Å². The summed E-state index contributed by atoms with van der Waals surface area (Å²) in [6, 6.07) is 1.37. The van der Waals surface area contributed by atoms with Gasteiger partial charge in [-0.15, -0.1) is 0 Å². The summed E-state index contributed by atoms with van der Waals surface area (Å²) >= 11 is 0. The van der Waals surface area contributed by atoms with Gasteiger partial charge in [-0.2, -0.15) is 0 Å². The van der Waals surface area contributed by atoms with Crippen LogP contribution in [0, 0.1) is 13.8 Å². The molecule has 0 amide bonds. The van der Waals surface area contributed by atoms with Crippen LogP contribution in [0.2, 0.25) is 0 Å². The Morgan fingerprint density at radius 3 is 2.81 bits per heavy atom. The van der Waals surface area contributed by atoms with Crippen molar-refractivity contribution in [2.24, 2.45) is 0 Å². The maximum atomic E-state index is 10.9. The summed E-state index contributed by atoms with van der Waals surface area (Å²) in [7, 11) is 0. The van der Waals surface area contributed by atoms with Gasteiger partial charge in [-0.1, -0.05) is 6.07 Å². The minimum absolute atomic E-state index is 0.314. The standard InChI is InChI=1S/C12H15NO3/c1-6-3-8-4-10(12(15)16)13-5-9(8)7(2)11(6)14/h3,10,13-14H,4-5H2,1-2H3,(H,15,16)/t10-/m0/s1. The van der Waals surface area contributed by atoms with Crippen LogP contribution in [-0.4, -0.2) is 22.2 Å². The highest BCUT2D eigenvalue weighted by Crippen LogP contribution is 2.30. The van der Waals surface area contributed by atoms with E-state index in [0.29, 0.717) is 18.7 Å². The number of phenolic OH excluding ortho intramolecular Hbond substituents is 1. The van der Waals surface area contributed by atoms with Gasteiger partial charge in [-0.25, -0.2) is 0 Å². The first-order chi connectivity index (χ1) is 7.50. The van der Waals surface area contributed by atoms with Crippen molar-refractivity contribution < 1.29 is 15.0 Å². The van der Waals surface area contributed by atoms with E-state index in [9.17, 15) is 9.90 Å². The Bertz CT molecular complexity index is 454. The molecule has 0 aliphatic carbocycles. The maximum absolute atomic E-state index is 10.9. The monoisotopic (exact) mass is 221 g/mol. The van der Waals surface area contributed by atoms with E-state index >= 15 is 0 Å². The van der Waals surface area contributed by atoms with Crippen LogP contribution in [0.25, 0.3) is 0 Å². The van der Waals surface area contributed by atoms with Crippen LogP contribution in [0.4, 0.5) is 0 Å². The molecule has 0 unspecified atom stereocenters. The molecule has 86 valence electrons. The van der Waals surface area contributed by atoms with E-state index in [1.807, 2.05) is 19.9 Å². The Kier molecular flexibility index (Phi) is 2.59. The number of hydrogen-bond acceptors (Lipinski definition) is 3. The first-order valence-electron chi connectivity index (χ1n) is 5.27. The predicted octanol–water partition coefficient (Wildman–Crippen LogP) is 1.11. The molecule has 1 atom stereocenters. The summed E-state index contributed by atoms with van der Waals surface area (Å²) < 4.78 is 0. The van der Waals surface area contributed by atoms with E-state index in [4.69, 9.17) is 5.11 Å². The van der Waals surface area contributed by atoms with Crippen molar-refractivity contribution in [3.8, 4) is 5.75 Å². The van der Waals surface area contributed by atoms with Crippen LogP contribution >= 0.6 is 0 Å². The molecule has 1 heterocycles. The largest absolute Gasteiger partial charge is 0.507 e. The number of carboxylic acids is 1. The molecule has 0 fully saturated rings. The summed E-state index contributed by atoms with van der Waals surface area (Å²) in [5, 5.41) is 21.7. The number of phenols is 1. The minimum atomic E-state index is -0.825. The van der Waals surface area contributed by atoms with Crippen molar-refractivity contribution in [3.63, 3.8) is 0 Å². The maximum Gasteiger partial charge on any atom is 0.321 e. The number of carboxylic acid groups (broad SMARTS) is 1. The van der Waals surface area contributed by atoms with Crippen LogP contribution < -0.4 is 5.32 Å². The Hall–Kier alpha value is -1.55. The lowest BCUT2D eigenvalue weighted by Crippen LogP contribution is -2.41. The van der Waals surface area contributed by atoms with Crippen LogP contribution in [0.1, 0.15) is 22.3 Å². The number of aromatic hydroxyl groups is 1. The van der Waals surface area contributed by atoms with Crippen molar-refractivity contribution >= 4 is 5.97 Å². The van der Waals surface area contributed by atoms with E-state index in [-0.39, 0.29) is 0 Å². The first-order valence-corrected chi connectivity index (χ1v) is 5.27. The highest BCUT2D eigenvalue weighted by molar-refractivity contribution is 5.74. The van der Waals surface area contributed by atoms with Crippen molar-refractivity contribution in [3.05, 3.63) is 28.3 Å². The van der Waals surface area contributed by atoms with Gasteiger partial charge >= 0.3 is 5.97 Å². The Morgan fingerprint density at radius 2 is 2.19 bits per heavy atom. The summed E-state index contributed by atoms with van der Waals surface area (Å²) in [5.41, 5.74) is 3.72. The molecular weight excluding hydrogens is 206 g/mol. The van der Waals surface area contributed by atoms with Gasteiger partial charge in [-0.05, 0) is 42.5 Å². The highest BCUT2D eigenvalue weighted by Gasteiger charge is 2.25. The molecule has 1 aliphatic rings. The fraction of sp³-hybridized carbons (Fsp3) is 0.417. The summed E-state index contributed by atoms with van der Waals surface area (Å²) in [4.78, 5) is 10.9. The van der Waals surface area contributed by atoms with Crippen LogP contribution in [0.15, 0.2) is 6.07 Å². The molecular formula is C12H15NO3. The second kappa shape index (κ2) is 3.79. The van der Waals surface area contributed by atoms with E-state index in [1.54, 1.807) is 0 Å². The van der Waals surface area contributed by atoms with Gasteiger partial charge in [-0.3, -0.25) is 10.1 Å². The molecule has 1 aliphatic heterocycles. The average Bonchev–Trinajstić information content (AvgIpc) is 2.25. The molecule has 0 saturated heterocycles. The summed E-state index contributed by atoms with van der Waals surface area (Å²) in [5.74, 6) is -0.511. The zero-order chi connectivity index (χ0) is 11.9. The van der Waals surface area contributed by atoms with E-state index < -0.39 is 12.0 Å². The third-order valence-corrected chi connectivity index (χ3v) is 3.21. The lowest BCUT2D eigenvalue weighted by Gasteiger charge is -2.25. The van der Waals surface area contributed by atoms with Crippen molar-refractivity contribution in [2.45, 2.75) is 32.9 Å². The number of hydrogen-bond donors (Lipinski definition) is 3. The molecule has 0 bridgehead atoms. The number of rotatable bonds is 1. The normalized spacial score (nSPS) is 19.2. The Morgan fingerprint density at radius 1 is 1.50 bits per heavy atom. The van der Waals surface area contributed by atoms with Gasteiger partial charge in [0.15, 0.2) is 0 Å². The Balaban J connectivity index is 2.44. The molecule has 0 aromatic heterocycles. The van der Waals surface area contributed by atoms with Gasteiger partial charge in [0.2, 0.25) is 0 Å². The number of benzene rings is 1. The van der Waals surface area contributed by atoms with Gasteiger partial charge in [0.25, 0.3) is 0 Å². The molecule has 16 heavy (non-hydrogen) atoms. The van der Waals surface area contributed by atoms with Gasteiger partial charge in [0.1, 0.15) is 11.8 Å². The van der Waals surface area contributed by atoms with Gasteiger partial charge in [0, 0.05) is 6.54 Å². The smallest absolute Gasteiger partial charge is 0.321 e. The number of carbonyl (C=O) groups is 1. The van der Waals surface area contributed by atoms with Gasteiger partial charge < -0.3 is 10.2 Å². The van der Waals surface area contributed by atoms with Crippen LogP contribution in [-0.2, 0) is 17.8 Å². The predicted molar refractivity (Wildman–Crippen MR) is 59.5 cm³/mol. The molecule has 3 N–H and O–H groups in total. The van der Waals surface area contributed by atoms with E-state index in [1.165, 1.54) is 0 Å². The average molecular weight is 221 g/mol. The lowest BCUT2D eigenvalue weighted by atomic mass is 9.90. The third-order valence-electron chi connectivity index (χ3n) is 3.21. The molecule has 4 heteroatoms. The van der Waals surface area contributed by atoms with Crippen molar-refractivity contribution in [1.82, 2.24) is 5.32 Å². The Labute approximate surface area is 93.9 Å². The highest BCUT2D eigenvalue weighted by atomic mass is 16.4. The molecule has 0 saturated carbocycles. The summed E-state index contributed by atoms with van der Waals surface area (Å²) in [6.07, 6.45) is 0.479. The second-order valence-electron chi connectivity index (χ2n) is 4.28. The molecule has 1 aromatic carbocycles. The topological polar surface area (TPSA) is 69.6 Å². The lowest BCUT2D eigenvalue weighted by molar-refractivity contribution is -0.139. The molecule has 2 rings (SSSR count). The number of aliphatic carboxylic acids is 1. The molecule has 1 aromatic rings. The fourth-order valence-electron chi connectivity index (χ4n) is 2.22. The minimum Gasteiger partial charge on any atom is -0.507 e. The second-order valence-corrected chi connectivity index (χ2v) is 4.28. The number of fused-ring (bicyclic) bond motifs is 1. The SMILES string of the molecule is Cc1cc2c(c(C)c1O)CN[C@H](C(=O)O)C2. The molecule has 0 spiro atoms. The van der Waals surface area contributed by atoms with E-state index in [0.717, 1.165) is 22.3 Å². The fourth-order valence-corrected chi connectivity index (χ4v) is 2.22. The van der Waals surface area contributed by atoms with Crippen molar-refractivity contribution in [1.29, 1.82) is 0 Å². The van der Waals surface area contributed by atoms with E-state index in [2.05, 4.69) is 5.32 Å². The number of aryl methyl sites for hydroxylation is 1. The summed E-state index contributed by atoms with van der Waals surface area (Å²) in [6.45, 7) is 4.20. The quantitative estimate of drug-likeness (QED) is 0.664. The molecule has 0 radical (unpaired) electrons. The first kappa shape index (κ1) is 11.0.